The van der Waals surface area contributed by atoms with Gasteiger partial charge >= 0.3 is 0 Å². The van der Waals surface area contributed by atoms with Crippen LogP contribution in [0.25, 0.3) is 65.6 Å². The van der Waals surface area contributed by atoms with Crippen molar-refractivity contribution in [1.29, 1.82) is 0 Å². The van der Waals surface area contributed by atoms with Crippen molar-refractivity contribution in [3.63, 3.8) is 0 Å². The summed E-state index contributed by atoms with van der Waals surface area (Å²) in [5, 5.41) is 8.33. The molecule has 0 saturated heterocycles. The molecule has 0 aliphatic carbocycles. The number of benzene rings is 10. The van der Waals surface area contributed by atoms with E-state index in [0.29, 0.717) is 0 Å². The lowest BCUT2D eigenvalue weighted by molar-refractivity contribution is 1.29. The Bertz CT molecular complexity index is 3310. The van der Waals surface area contributed by atoms with Crippen LogP contribution < -0.4 is 9.80 Å². The predicted molar refractivity (Wildman–Crippen MR) is 254 cm³/mol. The van der Waals surface area contributed by atoms with Gasteiger partial charge < -0.3 is 9.80 Å². The normalized spacial score (nSPS) is 11.3. The fourth-order valence-corrected chi connectivity index (χ4v) is 8.69. The lowest BCUT2D eigenvalue weighted by Crippen LogP contribution is -2.10. The van der Waals surface area contributed by atoms with Crippen molar-refractivity contribution >= 4 is 77.3 Å². The minimum absolute atomic E-state index is 0.926. The highest BCUT2D eigenvalue weighted by molar-refractivity contribution is 6.04. The lowest BCUT2D eigenvalue weighted by Gasteiger charge is -2.27. The second kappa shape index (κ2) is 15.1. The molecule has 60 heavy (non-hydrogen) atoms. The molecule has 0 saturated carbocycles. The molecule has 0 aliphatic rings. The van der Waals surface area contributed by atoms with Gasteiger partial charge in [-0.25, -0.2) is 4.98 Å². The fraction of sp³-hybridized carbons (Fsp3) is 0. The molecular formula is C57H39N3. The first-order chi connectivity index (χ1) is 29.7. The van der Waals surface area contributed by atoms with Gasteiger partial charge in [0.15, 0.2) is 0 Å². The molecule has 0 unspecified atom stereocenters. The average Bonchev–Trinajstić information content (AvgIpc) is 3.32. The van der Waals surface area contributed by atoms with E-state index < -0.39 is 0 Å². The second-order valence-corrected chi connectivity index (χ2v) is 15.2. The van der Waals surface area contributed by atoms with Crippen molar-refractivity contribution in [3.05, 3.63) is 237 Å². The predicted octanol–water partition coefficient (Wildman–Crippen LogP) is 16.0. The molecule has 0 bridgehead atoms. The van der Waals surface area contributed by atoms with Gasteiger partial charge in [0, 0.05) is 44.5 Å². The second-order valence-electron chi connectivity index (χ2n) is 15.2. The largest absolute Gasteiger partial charge is 0.310 e. The Morgan fingerprint density at radius 1 is 0.283 bits per heavy atom. The summed E-state index contributed by atoms with van der Waals surface area (Å²) in [5.41, 5.74) is 11.8. The number of rotatable bonds is 8. The highest BCUT2D eigenvalue weighted by Crippen LogP contribution is 2.43. The number of aromatic nitrogens is 1. The fourth-order valence-electron chi connectivity index (χ4n) is 8.69. The van der Waals surface area contributed by atoms with Crippen LogP contribution >= 0.6 is 0 Å². The Morgan fingerprint density at radius 2 is 0.767 bits per heavy atom. The monoisotopic (exact) mass is 765 g/mol. The van der Waals surface area contributed by atoms with Crippen LogP contribution in [0.1, 0.15) is 0 Å². The number of pyridine rings is 1. The van der Waals surface area contributed by atoms with Gasteiger partial charge in [0.2, 0.25) is 0 Å². The number of nitrogens with zero attached hydrogens (tertiary/aromatic N) is 3. The number of hydrogen-bond donors (Lipinski definition) is 0. The van der Waals surface area contributed by atoms with Gasteiger partial charge in [-0.2, -0.15) is 0 Å². The number of anilines is 6. The van der Waals surface area contributed by atoms with Gasteiger partial charge in [-0.15, -0.1) is 0 Å². The molecule has 3 nitrogen and oxygen atoms in total. The maximum atomic E-state index is 5.39. The van der Waals surface area contributed by atoms with Crippen molar-refractivity contribution in [2.24, 2.45) is 0 Å². The SMILES string of the molecule is c1ccc(N(c2ccc(-c3cc(-c4ccc5ccccc5c4)c4cc(N(c5ccccc5)c5cccc6ccccc56)ccc4n3)cc2)c2cccc3ccccc23)cc1. The summed E-state index contributed by atoms with van der Waals surface area (Å²) in [6.45, 7) is 0. The zero-order valence-electron chi connectivity index (χ0n) is 32.9. The molecule has 0 spiro atoms. The third kappa shape index (κ3) is 6.39. The van der Waals surface area contributed by atoms with Crippen molar-refractivity contribution in [2.75, 3.05) is 9.80 Å². The Labute approximate surface area is 349 Å². The van der Waals surface area contributed by atoms with E-state index in [9.17, 15) is 0 Å². The van der Waals surface area contributed by atoms with Crippen molar-refractivity contribution < 1.29 is 0 Å². The maximum absolute atomic E-state index is 5.39. The summed E-state index contributed by atoms with van der Waals surface area (Å²) in [5.74, 6) is 0. The topological polar surface area (TPSA) is 19.4 Å². The van der Waals surface area contributed by atoms with Crippen molar-refractivity contribution in [1.82, 2.24) is 4.98 Å². The summed E-state index contributed by atoms with van der Waals surface area (Å²) >= 11 is 0. The van der Waals surface area contributed by atoms with Crippen LogP contribution in [0.4, 0.5) is 34.1 Å². The van der Waals surface area contributed by atoms with E-state index in [1.165, 1.54) is 32.3 Å². The molecule has 10 aromatic carbocycles. The minimum atomic E-state index is 0.926. The Morgan fingerprint density at radius 3 is 1.40 bits per heavy atom. The van der Waals surface area contributed by atoms with E-state index in [4.69, 9.17) is 4.98 Å². The first kappa shape index (κ1) is 35.2. The summed E-state index contributed by atoms with van der Waals surface area (Å²) in [6.07, 6.45) is 0. The molecule has 282 valence electrons. The van der Waals surface area contributed by atoms with Crippen molar-refractivity contribution in [3.8, 4) is 22.4 Å². The van der Waals surface area contributed by atoms with E-state index in [0.717, 1.165) is 67.4 Å². The number of hydrogen-bond acceptors (Lipinski definition) is 3. The highest BCUT2D eigenvalue weighted by Gasteiger charge is 2.19. The van der Waals surface area contributed by atoms with Crippen LogP contribution in [-0.2, 0) is 0 Å². The third-order valence-electron chi connectivity index (χ3n) is 11.6. The Hall–Kier alpha value is -8.01. The molecule has 0 atom stereocenters. The maximum Gasteiger partial charge on any atom is 0.0717 e. The number of fused-ring (bicyclic) bond motifs is 4. The van der Waals surface area contributed by atoms with Crippen LogP contribution in [0.3, 0.4) is 0 Å². The molecule has 0 N–H and O–H groups in total. The minimum Gasteiger partial charge on any atom is -0.310 e. The van der Waals surface area contributed by atoms with Crippen LogP contribution in [0.2, 0.25) is 0 Å². The van der Waals surface area contributed by atoms with Gasteiger partial charge in [0.05, 0.1) is 22.6 Å². The highest BCUT2D eigenvalue weighted by atomic mass is 15.1. The Balaban J connectivity index is 1.07. The standard InChI is InChI=1S/C57H39N3/c1-3-21-46(22-4-1)59(56-27-13-19-41-16-9-11-25-50(41)56)48-33-31-43(32-34-48)55-39-52(45-30-29-40-15-7-8-18-44(40)37-45)53-38-49(35-36-54(53)58-55)60(47-23-5-2-6-24-47)57-28-14-20-42-17-10-12-26-51(42)57/h1-39H. The van der Waals surface area contributed by atoms with Crippen LogP contribution in [0, 0.1) is 0 Å². The summed E-state index contributed by atoms with van der Waals surface area (Å²) in [4.78, 5) is 10.1. The Kier molecular flexibility index (Phi) is 8.83. The van der Waals surface area contributed by atoms with E-state index in [1.54, 1.807) is 0 Å². The first-order valence-electron chi connectivity index (χ1n) is 20.5. The molecule has 1 heterocycles. The van der Waals surface area contributed by atoms with Crippen LogP contribution in [0.15, 0.2) is 237 Å². The van der Waals surface area contributed by atoms with E-state index >= 15 is 0 Å². The zero-order valence-corrected chi connectivity index (χ0v) is 32.9. The molecule has 0 radical (unpaired) electrons. The molecule has 3 heteroatoms. The smallest absolute Gasteiger partial charge is 0.0717 e. The average molecular weight is 766 g/mol. The summed E-state index contributed by atoms with van der Waals surface area (Å²) < 4.78 is 0. The first-order valence-corrected chi connectivity index (χ1v) is 20.5. The summed E-state index contributed by atoms with van der Waals surface area (Å²) in [6, 6.07) is 84.7. The molecule has 0 amide bonds. The van der Waals surface area contributed by atoms with Crippen molar-refractivity contribution in [2.45, 2.75) is 0 Å². The molecular weight excluding hydrogens is 727 g/mol. The summed E-state index contributed by atoms with van der Waals surface area (Å²) in [7, 11) is 0. The number of para-hydroxylation sites is 2. The lowest BCUT2D eigenvalue weighted by atomic mass is 9.95. The molecule has 0 fully saturated rings. The van der Waals surface area contributed by atoms with Gasteiger partial charge in [-0.3, -0.25) is 0 Å². The zero-order chi connectivity index (χ0) is 39.8. The molecule has 11 rings (SSSR count). The van der Waals surface area contributed by atoms with E-state index in [1.807, 2.05) is 0 Å². The quantitative estimate of drug-likeness (QED) is 0.154. The molecule has 11 aromatic rings. The molecule has 1 aromatic heterocycles. The van der Waals surface area contributed by atoms with Crippen LogP contribution in [-0.4, -0.2) is 4.98 Å². The van der Waals surface area contributed by atoms with Gasteiger partial charge in [0.1, 0.15) is 0 Å². The van der Waals surface area contributed by atoms with E-state index in [-0.39, 0.29) is 0 Å². The van der Waals surface area contributed by atoms with Gasteiger partial charge in [-0.1, -0.05) is 158 Å². The van der Waals surface area contributed by atoms with Gasteiger partial charge in [0.25, 0.3) is 0 Å². The third-order valence-corrected chi connectivity index (χ3v) is 11.6. The molecule has 0 aliphatic heterocycles. The van der Waals surface area contributed by atoms with Crippen LogP contribution in [0.5, 0.6) is 0 Å². The van der Waals surface area contributed by atoms with E-state index in [2.05, 4.69) is 246 Å². The van der Waals surface area contributed by atoms with Gasteiger partial charge in [-0.05, 0) is 112 Å².